The summed E-state index contributed by atoms with van der Waals surface area (Å²) in [5.74, 6) is 0.990. The molecule has 1 aliphatic carbocycles. The van der Waals surface area contributed by atoms with Crippen LogP contribution in [0.2, 0.25) is 0 Å². The van der Waals surface area contributed by atoms with Crippen molar-refractivity contribution in [1.82, 2.24) is 5.32 Å². The van der Waals surface area contributed by atoms with Crippen LogP contribution in [0.3, 0.4) is 0 Å². The fourth-order valence-corrected chi connectivity index (χ4v) is 1.68. The van der Waals surface area contributed by atoms with Gasteiger partial charge in [-0.25, -0.2) is 0 Å². The van der Waals surface area contributed by atoms with Gasteiger partial charge in [0, 0.05) is 0 Å². The Hall–Kier alpha value is -0.0800. The van der Waals surface area contributed by atoms with E-state index in [0.717, 1.165) is 5.92 Å². The molecule has 0 saturated heterocycles. The quantitative estimate of drug-likeness (QED) is 0.637. The molecular weight excluding hydrogens is 136 g/mol. The van der Waals surface area contributed by atoms with Gasteiger partial charge in [0.25, 0.3) is 0 Å². The van der Waals surface area contributed by atoms with E-state index in [2.05, 4.69) is 18.1 Å². The Morgan fingerprint density at radius 1 is 1.18 bits per heavy atom. The predicted octanol–water partition coefficient (Wildman–Crippen LogP) is 1.36. The SMILES string of the molecule is CN.CNCC1CCCCC1. The molecule has 1 aliphatic rings. The number of rotatable bonds is 2. The summed E-state index contributed by atoms with van der Waals surface area (Å²) in [6.07, 6.45) is 7.32. The standard InChI is InChI=1S/C8H17N.CH5N/c1-9-7-8-5-3-2-4-6-8;1-2/h8-9H,2-7H2,1H3;2H2,1H3. The summed E-state index contributed by atoms with van der Waals surface area (Å²) < 4.78 is 0. The molecule has 0 aromatic carbocycles. The minimum Gasteiger partial charge on any atom is -0.333 e. The molecule has 11 heavy (non-hydrogen) atoms. The zero-order valence-electron chi connectivity index (χ0n) is 7.90. The predicted molar refractivity (Wildman–Crippen MR) is 50.6 cm³/mol. The maximum Gasteiger partial charge on any atom is -0.00235 e. The maximum atomic E-state index is 4.50. The van der Waals surface area contributed by atoms with Gasteiger partial charge in [0.1, 0.15) is 0 Å². The monoisotopic (exact) mass is 158 g/mol. The molecule has 0 spiro atoms. The molecule has 2 nitrogen and oxygen atoms in total. The van der Waals surface area contributed by atoms with Crippen LogP contribution in [0.5, 0.6) is 0 Å². The van der Waals surface area contributed by atoms with E-state index < -0.39 is 0 Å². The highest BCUT2D eigenvalue weighted by Gasteiger charge is 2.11. The summed E-state index contributed by atoms with van der Waals surface area (Å²) in [4.78, 5) is 0. The van der Waals surface area contributed by atoms with Crippen LogP contribution < -0.4 is 11.1 Å². The van der Waals surface area contributed by atoms with Crippen molar-refractivity contribution in [2.45, 2.75) is 32.1 Å². The molecule has 1 rings (SSSR count). The topological polar surface area (TPSA) is 38.0 Å². The summed E-state index contributed by atoms with van der Waals surface area (Å²) in [7, 11) is 3.55. The second-order valence-electron chi connectivity index (χ2n) is 3.06. The summed E-state index contributed by atoms with van der Waals surface area (Å²) in [6.45, 7) is 1.24. The second-order valence-corrected chi connectivity index (χ2v) is 3.06. The van der Waals surface area contributed by atoms with Gasteiger partial charge in [-0.05, 0) is 39.4 Å². The van der Waals surface area contributed by atoms with Gasteiger partial charge in [-0.3, -0.25) is 0 Å². The van der Waals surface area contributed by atoms with Gasteiger partial charge < -0.3 is 11.1 Å². The molecule has 0 aliphatic heterocycles. The van der Waals surface area contributed by atoms with E-state index >= 15 is 0 Å². The van der Waals surface area contributed by atoms with Crippen molar-refractivity contribution in [1.29, 1.82) is 0 Å². The van der Waals surface area contributed by atoms with Crippen molar-refractivity contribution in [2.24, 2.45) is 11.7 Å². The first kappa shape index (κ1) is 10.9. The molecule has 0 amide bonds. The van der Waals surface area contributed by atoms with Crippen LogP contribution in [-0.4, -0.2) is 20.6 Å². The molecule has 0 aromatic heterocycles. The summed E-state index contributed by atoms with van der Waals surface area (Å²) in [5, 5.41) is 3.24. The summed E-state index contributed by atoms with van der Waals surface area (Å²) in [6, 6.07) is 0. The minimum atomic E-state index is 0.990. The Kier molecular flexibility index (Phi) is 7.96. The average Bonchev–Trinajstić information content (AvgIpc) is 2.11. The zero-order chi connectivity index (χ0) is 8.53. The van der Waals surface area contributed by atoms with Crippen LogP contribution in [0.15, 0.2) is 0 Å². The largest absolute Gasteiger partial charge is 0.333 e. The van der Waals surface area contributed by atoms with Gasteiger partial charge in [-0.1, -0.05) is 19.3 Å². The van der Waals surface area contributed by atoms with E-state index in [-0.39, 0.29) is 0 Å². The highest BCUT2D eigenvalue weighted by atomic mass is 14.8. The molecule has 0 heterocycles. The van der Waals surface area contributed by atoms with Crippen molar-refractivity contribution in [2.75, 3.05) is 20.6 Å². The average molecular weight is 158 g/mol. The van der Waals surface area contributed by atoms with Gasteiger partial charge in [-0.2, -0.15) is 0 Å². The fraction of sp³-hybridized carbons (Fsp3) is 1.00. The Balaban J connectivity index is 0.000000461. The highest BCUT2D eigenvalue weighted by molar-refractivity contribution is 4.66. The lowest BCUT2D eigenvalue weighted by molar-refractivity contribution is 0.350. The van der Waals surface area contributed by atoms with Crippen LogP contribution in [0.1, 0.15) is 32.1 Å². The number of hydrogen-bond donors (Lipinski definition) is 2. The van der Waals surface area contributed by atoms with Crippen LogP contribution in [0.25, 0.3) is 0 Å². The van der Waals surface area contributed by atoms with Crippen molar-refractivity contribution in [3.8, 4) is 0 Å². The minimum absolute atomic E-state index is 0.990. The van der Waals surface area contributed by atoms with Crippen LogP contribution in [-0.2, 0) is 0 Å². The second kappa shape index (κ2) is 8.02. The molecule has 0 bridgehead atoms. The third-order valence-electron chi connectivity index (χ3n) is 2.22. The van der Waals surface area contributed by atoms with Gasteiger partial charge in [-0.15, -0.1) is 0 Å². The summed E-state index contributed by atoms with van der Waals surface area (Å²) >= 11 is 0. The Morgan fingerprint density at radius 2 is 1.73 bits per heavy atom. The summed E-state index contributed by atoms with van der Waals surface area (Å²) in [5.41, 5.74) is 4.50. The van der Waals surface area contributed by atoms with Gasteiger partial charge >= 0.3 is 0 Å². The molecule has 3 N–H and O–H groups in total. The molecule has 2 heteroatoms. The Bertz CT molecular complexity index is 65.2. The molecule has 68 valence electrons. The van der Waals surface area contributed by atoms with Crippen LogP contribution >= 0.6 is 0 Å². The van der Waals surface area contributed by atoms with E-state index in [1.54, 1.807) is 0 Å². The molecule has 1 fully saturated rings. The van der Waals surface area contributed by atoms with Gasteiger partial charge in [0.05, 0.1) is 0 Å². The first-order chi connectivity index (χ1) is 5.43. The number of hydrogen-bond acceptors (Lipinski definition) is 2. The lowest BCUT2D eigenvalue weighted by Crippen LogP contribution is -2.20. The number of nitrogens with two attached hydrogens (primary N) is 1. The maximum absolute atomic E-state index is 4.50. The van der Waals surface area contributed by atoms with Crippen molar-refractivity contribution in [3.63, 3.8) is 0 Å². The van der Waals surface area contributed by atoms with Gasteiger partial charge in [0.2, 0.25) is 0 Å². The lowest BCUT2D eigenvalue weighted by atomic mass is 9.89. The molecule has 0 radical (unpaired) electrons. The fourth-order valence-electron chi connectivity index (χ4n) is 1.68. The molecule has 0 unspecified atom stereocenters. The highest BCUT2D eigenvalue weighted by Crippen LogP contribution is 2.22. The van der Waals surface area contributed by atoms with Crippen molar-refractivity contribution in [3.05, 3.63) is 0 Å². The van der Waals surface area contributed by atoms with E-state index in [1.165, 1.54) is 45.7 Å². The number of nitrogens with one attached hydrogen (secondary N) is 1. The lowest BCUT2D eigenvalue weighted by Gasteiger charge is -2.20. The van der Waals surface area contributed by atoms with E-state index in [1.807, 2.05) is 0 Å². The van der Waals surface area contributed by atoms with E-state index in [0.29, 0.717) is 0 Å². The first-order valence-electron chi connectivity index (χ1n) is 4.66. The Labute approximate surface area is 70.5 Å². The third kappa shape index (κ3) is 5.22. The molecule has 1 saturated carbocycles. The van der Waals surface area contributed by atoms with Crippen molar-refractivity contribution >= 4 is 0 Å². The molecule has 0 atom stereocenters. The van der Waals surface area contributed by atoms with Gasteiger partial charge in [0.15, 0.2) is 0 Å². The molecular formula is C9H22N2. The van der Waals surface area contributed by atoms with Crippen molar-refractivity contribution < 1.29 is 0 Å². The first-order valence-corrected chi connectivity index (χ1v) is 4.66. The van der Waals surface area contributed by atoms with E-state index in [4.69, 9.17) is 0 Å². The smallest absolute Gasteiger partial charge is 0.00235 e. The van der Waals surface area contributed by atoms with Crippen LogP contribution in [0.4, 0.5) is 0 Å². The van der Waals surface area contributed by atoms with Crippen LogP contribution in [0, 0.1) is 5.92 Å². The zero-order valence-corrected chi connectivity index (χ0v) is 7.90. The third-order valence-corrected chi connectivity index (χ3v) is 2.22. The Morgan fingerprint density at radius 3 is 2.18 bits per heavy atom. The normalized spacial score (nSPS) is 18.8. The molecule has 0 aromatic rings. The van der Waals surface area contributed by atoms with E-state index in [9.17, 15) is 0 Å².